The van der Waals surface area contributed by atoms with Gasteiger partial charge in [0.25, 0.3) is 0 Å². The van der Waals surface area contributed by atoms with E-state index in [1.807, 2.05) is 6.92 Å². The van der Waals surface area contributed by atoms with Gasteiger partial charge in [0.1, 0.15) is 0 Å². The molecule has 1 fully saturated rings. The molecule has 1 aromatic rings. The summed E-state index contributed by atoms with van der Waals surface area (Å²) in [5.41, 5.74) is 1.46. The molecule has 6 heteroatoms. The number of rotatable bonds is 3. The first-order valence-corrected chi connectivity index (χ1v) is 6.51. The molecular formula is C13H19N3O3. The highest BCUT2D eigenvalue weighted by Crippen LogP contribution is 2.30. The number of hydrogen-bond acceptors (Lipinski definition) is 3. The van der Waals surface area contributed by atoms with E-state index in [0.717, 1.165) is 18.5 Å². The fourth-order valence-electron chi connectivity index (χ4n) is 2.61. The third-order valence-corrected chi connectivity index (χ3v) is 3.67. The minimum absolute atomic E-state index is 0.0953. The van der Waals surface area contributed by atoms with Crippen LogP contribution in [0.1, 0.15) is 31.4 Å². The molecule has 104 valence electrons. The van der Waals surface area contributed by atoms with Crippen LogP contribution in [0.4, 0.5) is 5.69 Å². The molecule has 1 heterocycles. The Kier molecular flexibility index (Phi) is 3.87. The van der Waals surface area contributed by atoms with Crippen molar-refractivity contribution in [3.8, 4) is 0 Å². The zero-order valence-electron chi connectivity index (χ0n) is 11.2. The van der Waals surface area contributed by atoms with Gasteiger partial charge in [0.15, 0.2) is 0 Å². The quantitative estimate of drug-likeness (QED) is 0.868. The largest absolute Gasteiger partial charge is 0.481 e. The van der Waals surface area contributed by atoms with Crippen LogP contribution in [0.5, 0.6) is 0 Å². The molecule has 1 aliphatic carbocycles. The lowest BCUT2D eigenvalue weighted by Gasteiger charge is -2.25. The molecule has 2 N–H and O–H groups in total. The fraction of sp³-hybridized carbons (Fsp3) is 0.615. The number of amides is 1. The predicted octanol–water partition coefficient (Wildman–Crippen LogP) is 1.56. The zero-order chi connectivity index (χ0) is 14.0. The molecule has 6 nitrogen and oxygen atoms in total. The zero-order valence-corrected chi connectivity index (χ0v) is 11.2. The van der Waals surface area contributed by atoms with Crippen LogP contribution >= 0.6 is 0 Å². The minimum Gasteiger partial charge on any atom is -0.481 e. The van der Waals surface area contributed by atoms with Gasteiger partial charge in [-0.3, -0.25) is 14.3 Å². The Balaban J connectivity index is 2.00. The molecular weight excluding hydrogens is 246 g/mol. The summed E-state index contributed by atoms with van der Waals surface area (Å²) < 4.78 is 1.64. The van der Waals surface area contributed by atoms with Crippen LogP contribution in [0.2, 0.25) is 0 Å². The number of carbonyl (C=O) groups is 2. The molecule has 1 aromatic heterocycles. The van der Waals surface area contributed by atoms with Gasteiger partial charge >= 0.3 is 5.97 Å². The third kappa shape index (κ3) is 3.13. The van der Waals surface area contributed by atoms with Crippen molar-refractivity contribution in [2.45, 2.75) is 32.6 Å². The lowest BCUT2D eigenvalue weighted by Crippen LogP contribution is -2.31. The van der Waals surface area contributed by atoms with E-state index in [0.29, 0.717) is 18.5 Å². The minimum atomic E-state index is -0.796. The Morgan fingerprint density at radius 1 is 1.42 bits per heavy atom. The van der Waals surface area contributed by atoms with Crippen molar-refractivity contribution in [1.29, 1.82) is 0 Å². The van der Waals surface area contributed by atoms with E-state index in [4.69, 9.17) is 5.11 Å². The topological polar surface area (TPSA) is 84.2 Å². The van der Waals surface area contributed by atoms with E-state index in [1.165, 1.54) is 0 Å². The lowest BCUT2D eigenvalue weighted by atomic mass is 9.81. The van der Waals surface area contributed by atoms with Crippen LogP contribution in [0.15, 0.2) is 6.20 Å². The van der Waals surface area contributed by atoms with Crippen LogP contribution in [-0.2, 0) is 16.6 Å². The molecule has 0 saturated heterocycles. The van der Waals surface area contributed by atoms with Gasteiger partial charge in [-0.1, -0.05) is 6.42 Å². The molecule has 2 unspecified atom stereocenters. The maximum atomic E-state index is 12.2. The van der Waals surface area contributed by atoms with Crippen molar-refractivity contribution in [2.75, 3.05) is 5.32 Å². The van der Waals surface area contributed by atoms with E-state index in [1.54, 1.807) is 17.9 Å². The number of carboxylic acid groups (broad SMARTS) is 1. The second-order valence-electron chi connectivity index (χ2n) is 5.19. The molecule has 0 aliphatic heterocycles. The summed E-state index contributed by atoms with van der Waals surface area (Å²) in [5, 5.41) is 16.0. The Morgan fingerprint density at radius 2 is 2.11 bits per heavy atom. The van der Waals surface area contributed by atoms with Crippen LogP contribution in [-0.4, -0.2) is 26.8 Å². The first kappa shape index (κ1) is 13.6. The highest BCUT2D eigenvalue weighted by atomic mass is 16.4. The van der Waals surface area contributed by atoms with E-state index >= 15 is 0 Å². The Bertz CT molecular complexity index is 495. The molecule has 0 radical (unpaired) electrons. The molecule has 0 aromatic carbocycles. The summed E-state index contributed by atoms with van der Waals surface area (Å²) in [6.07, 6.45) is 4.41. The van der Waals surface area contributed by atoms with Gasteiger partial charge in [0.2, 0.25) is 5.91 Å². The summed E-state index contributed by atoms with van der Waals surface area (Å²) in [4.78, 5) is 23.1. The molecule has 2 atom stereocenters. The van der Waals surface area contributed by atoms with Crippen molar-refractivity contribution in [2.24, 2.45) is 18.9 Å². The number of carboxylic acids is 1. The summed E-state index contributed by atoms with van der Waals surface area (Å²) in [5.74, 6) is -1.49. The van der Waals surface area contributed by atoms with Crippen molar-refractivity contribution in [1.82, 2.24) is 9.78 Å². The van der Waals surface area contributed by atoms with Gasteiger partial charge in [-0.25, -0.2) is 0 Å². The Morgan fingerprint density at radius 3 is 2.68 bits per heavy atom. The van der Waals surface area contributed by atoms with Crippen molar-refractivity contribution >= 4 is 17.6 Å². The molecule has 2 rings (SSSR count). The third-order valence-electron chi connectivity index (χ3n) is 3.67. The fourth-order valence-corrected chi connectivity index (χ4v) is 2.61. The molecule has 0 spiro atoms. The maximum absolute atomic E-state index is 12.2. The summed E-state index contributed by atoms with van der Waals surface area (Å²) in [6.45, 7) is 1.83. The van der Waals surface area contributed by atoms with Gasteiger partial charge in [-0.2, -0.15) is 5.10 Å². The Labute approximate surface area is 111 Å². The predicted molar refractivity (Wildman–Crippen MR) is 69.7 cm³/mol. The van der Waals surface area contributed by atoms with Crippen molar-refractivity contribution in [3.63, 3.8) is 0 Å². The number of nitrogens with one attached hydrogen (secondary N) is 1. The average Bonchev–Trinajstić information content (AvgIpc) is 2.68. The summed E-state index contributed by atoms with van der Waals surface area (Å²) >= 11 is 0. The Hall–Kier alpha value is -1.85. The van der Waals surface area contributed by atoms with Crippen LogP contribution < -0.4 is 5.32 Å². The van der Waals surface area contributed by atoms with E-state index in [2.05, 4.69) is 10.4 Å². The average molecular weight is 265 g/mol. The number of hydrogen-bond donors (Lipinski definition) is 2. The van der Waals surface area contributed by atoms with E-state index in [-0.39, 0.29) is 17.7 Å². The van der Waals surface area contributed by atoms with Crippen LogP contribution in [0.3, 0.4) is 0 Å². The standard InChI is InChI=1S/C13H19N3O3/c1-8-11(7-16(2)15-8)14-12(17)9-4-3-5-10(6-9)13(18)19/h7,9-10H,3-6H2,1-2H3,(H,14,17)(H,18,19). The monoisotopic (exact) mass is 265 g/mol. The number of carbonyl (C=O) groups excluding carboxylic acids is 1. The van der Waals surface area contributed by atoms with E-state index < -0.39 is 5.97 Å². The summed E-state index contributed by atoms with van der Waals surface area (Å²) in [6, 6.07) is 0. The van der Waals surface area contributed by atoms with Crippen LogP contribution in [0.25, 0.3) is 0 Å². The number of aromatic nitrogens is 2. The van der Waals surface area contributed by atoms with Gasteiger partial charge in [-0.05, 0) is 26.2 Å². The second kappa shape index (κ2) is 5.42. The molecule has 19 heavy (non-hydrogen) atoms. The van der Waals surface area contributed by atoms with Gasteiger partial charge in [0.05, 0.1) is 17.3 Å². The lowest BCUT2D eigenvalue weighted by molar-refractivity contribution is -0.143. The van der Waals surface area contributed by atoms with E-state index in [9.17, 15) is 9.59 Å². The highest BCUT2D eigenvalue weighted by Gasteiger charge is 2.31. The number of aryl methyl sites for hydroxylation is 2. The van der Waals surface area contributed by atoms with Crippen molar-refractivity contribution in [3.05, 3.63) is 11.9 Å². The second-order valence-corrected chi connectivity index (χ2v) is 5.19. The normalized spacial score (nSPS) is 23.1. The first-order valence-electron chi connectivity index (χ1n) is 6.51. The van der Waals surface area contributed by atoms with Gasteiger partial charge < -0.3 is 10.4 Å². The number of aliphatic carboxylic acids is 1. The van der Waals surface area contributed by atoms with Crippen molar-refractivity contribution < 1.29 is 14.7 Å². The molecule has 1 saturated carbocycles. The number of nitrogens with zero attached hydrogens (tertiary/aromatic N) is 2. The number of anilines is 1. The molecule has 1 aliphatic rings. The highest BCUT2D eigenvalue weighted by molar-refractivity contribution is 5.93. The first-order chi connectivity index (χ1) is 8.97. The molecule has 0 bridgehead atoms. The van der Waals surface area contributed by atoms with Gasteiger partial charge in [-0.15, -0.1) is 0 Å². The summed E-state index contributed by atoms with van der Waals surface area (Å²) in [7, 11) is 1.80. The SMILES string of the molecule is Cc1nn(C)cc1NC(=O)C1CCCC(C(=O)O)C1. The maximum Gasteiger partial charge on any atom is 0.306 e. The van der Waals surface area contributed by atoms with Crippen LogP contribution in [0, 0.1) is 18.8 Å². The molecule has 1 amide bonds. The smallest absolute Gasteiger partial charge is 0.306 e. The van der Waals surface area contributed by atoms with Gasteiger partial charge in [0, 0.05) is 19.2 Å².